The van der Waals surface area contributed by atoms with Crippen LogP contribution in [0.5, 0.6) is 0 Å². The van der Waals surface area contributed by atoms with Crippen LogP contribution in [0.15, 0.2) is 43.1 Å². The fourth-order valence-electron chi connectivity index (χ4n) is 2.24. The van der Waals surface area contributed by atoms with E-state index in [1.165, 1.54) is 16.5 Å². The maximum absolute atomic E-state index is 3.81. The van der Waals surface area contributed by atoms with Crippen molar-refractivity contribution < 1.29 is 0 Å². The molecule has 0 saturated heterocycles. The van der Waals surface area contributed by atoms with Gasteiger partial charge in [0.15, 0.2) is 0 Å². The molecule has 2 nitrogen and oxygen atoms in total. The zero-order chi connectivity index (χ0) is 13.9. The van der Waals surface area contributed by atoms with Crippen LogP contribution in [0.2, 0.25) is 0 Å². The second kappa shape index (κ2) is 5.62. The molecule has 2 aromatic rings. The summed E-state index contributed by atoms with van der Waals surface area (Å²) >= 11 is 0. The standard InChI is InChI=1S/C17H24N2/c1-5-6-11-19-13-14(12-18-17(2,3)4)15-9-7-8-10-16(15)19/h5,7-10,13,18H,1,6,11-12H2,2-4H3. The zero-order valence-electron chi connectivity index (χ0n) is 12.2. The van der Waals surface area contributed by atoms with Crippen LogP contribution in [0.3, 0.4) is 0 Å². The van der Waals surface area contributed by atoms with Crippen molar-refractivity contribution in [2.45, 2.75) is 45.8 Å². The fourth-order valence-corrected chi connectivity index (χ4v) is 2.24. The van der Waals surface area contributed by atoms with Crippen LogP contribution in [0.4, 0.5) is 0 Å². The van der Waals surface area contributed by atoms with Gasteiger partial charge in [0, 0.05) is 35.7 Å². The Hall–Kier alpha value is -1.54. The van der Waals surface area contributed by atoms with Gasteiger partial charge < -0.3 is 9.88 Å². The second-order valence-electron chi connectivity index (χ2n) is 6.05. The van der Waals surface area contributed by atoms with Gasteiger partial charge in [0.05, 0.1) is 0 Å². The molecule has 0 fully saturated rings. The lowest BCUT2D eigenvalue weighted by Crippen LogP contribution is -2.34. The first-order valence-corrected chi connectivity index (χ1v) is 6.94. The molecule has 1 aromatic carbocycles. The molecule has 0 saturated carbocycles. The monoisotopic (exact) mass is 256 g/mol. The molecule has 0 spiro atoms. The van der Waals surface area contributed by atoms with Crippen molar-refractivity contribution >= 4 is 10.9 Å². The topological polar surface area (TPSA) is 17.0 Å². The van der Waals surface area contributed by atoms with Crippen LogP contribution in [0.25, 0.3) is 10.9 Å². The Bertz CT molecular complexity index is 558. The van der Waals surface area contributed by atoms with Crippen molar-refractivity contribution in [3.05, 3.63) is 48.7 Å². The summed E-state index contributed by atoms with van der Waals surface area (Å²) in [6.07, 6.45) is 5.25. The van der Waals surface area contributed by atoms with Gasteiger partial charge in [-0.25, -0.2) is 0 Å². The summed E-state index contributed by atoms with van der Waals surface area (Å²) in [5.41, 5.74) is 2.83. The molecule has 2 heteroatoms. The summed E-state index contributed by atoms with van der Waals surface area (Å²) in [5, 5.41) is 4.92. The normalized spacial score (nSPS) is 11.9. The summed E-state index contributed by atoms with van der Waals surface area (Å²) in [6, 6.07) is 8.62. The van der Waals surface area contributed by atoms with Crippen molar-refractivity contribution in [1.82, 2.24) is 9.88 Å². The average Bonchev–Trinajstić information content (AvgIpc) is 2.72. The van der Waals surface area contributed by atoms with Crippen molar-refractivity contribution in [1.29, 1.82) is 0 Å². The zero-order valence-corrected chi connectivity index (χ0v) is 12.2. The highest BCUT2D eigenvalue weighted by Crippen LogP contribution is 2.22. The molecule has 1 aromatic heterocycles. The van der Waals surface area contributed by atoms with Crippen molar-refractivity contribution in [2.75, 3.05) is 0 Å². The second-order valence-corrected chi connectivity index (χ2v) is 6.05. The molecule has 0 aliphatic rings. The van der Waals surface area contributed by atoms with Crippen LogP contribution >= 0.6 is 0 Å². The number of fused-ring (bicyclic) bond motifs is 1. The minimum atomic E-state index is 0.143. The summed E-state index contributed by atoms with van der Waals surface area (Å²) in [5.74, 6) is 0. The minimum absolute atomic E-state index is 0.143. The summed E-state index contributed by atoms with van der Waals surface area (Å²) in [6.45, 7) is 12.3. The van der Waals surface area contributed by atoms with Gasteiger partial charge in [-0.05, 0) is 38.8 Å². The lowest BCUT2D eigenvalue weighted by molar-refractivity contribution is 0.425. The number of rotatable bonds is 5. The average molecular weight is 256 g/mol. The Morgan fingerprint density at radius 3 is 2.68 bits per heavy atom. The van der Waals surface area contributed by atoms with Gasteiger partial charge in [-0.2, -0.15) is 0 Å². The molecular weight excluding hydrogens is 232 g/mol. The Kier molecular flexibility index (Phi) is 4.11. The Labute approximate surface area is 116 Å². The Morgan fingerprint density at radius 2 is 2.00 bits per heavy atom. The smallest absolute Gasteiger partial charge is 0.0483 e. The largest absolute Gasteiger partial charge is 0.347 e. The van der Waals surface area contributed by atoms with Gasteiger partial charge in [0.1, 0.15) is 0 Å². The van der Waals surface area contributed by atoms with Crippen molar-refractivity contribution in [3.63, 3.8) is 0 Å². The first kappa shape index (κ1) is 13.9. The van der Waals surface area contributed by atoms with Crippen LogP contribution < -0.4 is 5.32 Å². The van der Waals surface area contributed by atoms with Gasteiger partial charge in [-0.1, -0.05) is 24.3 Å². The first-order chi connectivity index (χ1) is 9.01. The third-order valence-corrected chi connectivity index (χ3v) is 3.25. The molecular formula is C17H24N2. The highest BCUT2D eigenvalue weighted by atomic mass is 15.0. The number of nitrogens with one attached hydrogen (secondary N) is 1. The number of allylic oxidation sites excluding steroid dienone is 1. The number of aryl methyl sites for hydroxylation is 1. The van der Waals surface area contributed by atoms with E-state index in [0.717, 1.165) is 19.5 Å². The van der Waals surface area contributed by atoms with E-state index in [4.69, 9.17) is 0 Å². The van der Waals surface area contributed by atoms with Crippen LogP contribution in [0.1, 0.15) is 32.8 Å². The fraction of sp³-hybridized carbons (Fsp3) is 0.412. The Balaban J connectivity index is 2.30. The third-order valence-electron chi connectivity index (χ3n) is 3.25. The highest BCUT2D eigenvalue weighted by molar-refractivity contribution is 5.83. The van der Waals surface area contributed by atoms with E-state index in [-0.39, 0.29) is 5.54 Å². The molecule has 0 unspecified atom stereocenters. The summed E-state index contributed by atoms with van der Waals surface area (Å²) in [7, 11) is 0. The number of hydrogen-bond donors (Lipinski definition) is 1. The predicted molar refractivity (Wildman–Crippen MR) is 83.3 cm³/mol. The van der Waals surface area contributed by atoms with E-state index in [2.05, 4.69) is 67.7 Å². The molecule has 0 aliphatic carbocycles. The molecule has 0 bridgehead atoms. The maximum atomic E-state index is 3.81. The highest BCUT2D eigenvalue weighted by Gasteiger charge is 2.12. The molecule has 1 heterocycles. The molecule has 1 N–H and O–H groups in total. The van der Waals surface area contributed by atoms with Gasteiger partial charge in [-0.15, -0.1) is 6.58 Å². The summed E-state index contributed by atoms with van der Waals surface area (Å²) in [4.78, 5) is 0. The third kappa shape index (κ3) is 3.48. The minimum Gasteiger partial charge on any atom is -0.347 e. The van der Waals surface area contributed by atoms with Crippen LogP contribution in [-0.2, 0) is 13.1 Å². The van der Waals surface area contributed by atoms with E-state index < -0.39 is 0 Å². The molecule has 102 valence electrons. The predicted octanol–water partition coefficient (Wildman–Crippen LogP) is 4.11. The van der Waals surface area contributed by atoms with Gasteiger partial charge in [-0.3, -0.25) is 0 Å². The van der Waals surface area contributed by atoms with Gasteiger partial charge in [0.2, 0.25) is 0 Å². The number of benzene rings is 1. The number of para-hydroxylation sites is 1. The van der Waals surface area contributed by atoms with E-state index >= 15 is 0 Å². The lowest BCUT2D eigenvalue weighted by Gasteiger charge is -2.20. The molecule has 0 radical (unpaired) electrons. The van der Waals surface area contributed by atoms with Gasteiger partial charge >= 0.3 is 0 Å². The number of aromatic nitrogens is 1. The van der Waals surface area contributed by atoms with E-state index in [9.17, 15) is 0 Å². The van der Waals surface area contributed by atoms with E-state index in [1.54, 1.807) is 0 Å². The molecule has 2 rings (SSSR count). The number of nitrogens with zero attached hydrogens (tertiary/aromatic N) is 1. The van der Waals surface area contributed by atoms with Crippen molar-refractivity contribution in [3.8, 4) is 0 Å². The molecule has 0 amide bonds. The van der Waals surface area contributed by atoms with E-state index in [1.807, 2.05) is 6.08 Å². The van der Waals surface area contributed by atoms with Crippen LogP contribution in [-0.4, -0.2) is 10.1 Å². The van der Waals surface area contributed by atoms with Gasteiger partial charge in [0.25, 0.3) is 0 Å². The molecule has 0 atom stereocenters. The first-order valence-electron chi connectivity index (χ1n) is 6.94. The number of hydrogen-bond acceptors (Lipinski definition) is 1. The summed E-state index contributed by atoms with van der Waals surface area (Å²) < 4.78 is 2.33. The van der Waals surface area contributed by atoms with E-state index in [0.29, 0.717) is 0 Å². The Morgan fingerprint density at radius 1 is 1.26 bits per heavy atom. The van der Waals surface area contributed by atoms with Crippen LogP contribution in [0, 0.1) is 0 Å². The molecule has 19 heavy (non-hydrogen) atoms. The molecule has 0 aliphatic heterocycles. The SMILES string of the molecule is C=CCCn1cc(CNC(C)(C)C)c2ccccc21. The quantitative estimate of drug-likeness (QED) is 0.797. The lowest BCUT2D eigenvalue weighted by atomic mass is 10.1. The maximum Gasteiger partial charge on any atom is 0.0483 e. The van der Waals surface area contributed by atoms with Crippen molar-refractivity contribution in [2.24, 2.45) is 0 Å².